The topological polar surface area (TPSA) is 74.8 Å². The van der Waals surface area contributed by atoms with E-state index in [1.807, 2.05) is 73.7 Å². The molecule has 2 aliphatic heterocycles. The third kappa shape index (κ3) is 4.93. The lowest BCUT2D eigenvalue weighted by Gasteiger charge is -2.39. The maximum Gasteiger partial charge on any atom is 0.261 e. The highest BCUT2D eigenvalue weighted by Gasteiger charge is 2.43. The van der Waals surface area contributed by atoms with Crippen molar-refractivity contribution in [3.8, 4) is 11.8 Å². The van der Waals surface area contributed by atoms with Gasteiger partial charge < -0.3 is 0 Å². The summed E-state index contributed by atoms with van der Waals surface area (Å²) in [7, 11) is 0. The second-order valence-electron chi connectivity index (χ2n) is 16.4. The summed E-state index contributed by atoms with van der Waals surface area (Å²) in [6.45, 7) is 18.4. The van der Waals surface area contributed by atoms with Crippen molar-refractivity contribution in [1.82, 2.24) is 9.80 Å². The fourth-order valence-electron chi connectivity index (χ4n) is 9.55. The molecule has 0 N–H and O–H groups in total. The first kappa shape index (κ1) is 34.5. The second-order valence-corrected chi connectivity index (χ2v) is 16.4. The Morgan fingerprint density at radius 1 is 0.434 bits per heavy atom. The van der Waals surface area contributed by atoms with E-state index in [0.717, 1.165) is 43.4 Å². The molecule has 0 aromatic heterocycles. The Morgan fingerprint density at radius 3 is 1.32 bits per heavy atom. The third-order valence-electron chi connectivity index (χ3n) is 11.5. The molecule has 0 unspecified atom stereocenters. The maximum atomic E-state index is 14.7. The number of fused-ring (bicyclic) bond motifs is 2. The van der Waals surface area contributed by atoms with Crippen molar-refractivity contribution in [2.75, 3.05) is 0 Å². The first-order chi connectivity index (χ1) is 25.2. The number of nitrogens with zero attached hydrogens (tertiary/aromatic N) is 2. The summed E-state index contributed by atoms with van der Waals surface area (Å²) in [4.78, 5) is 60.8. The van der Waals surface area contributed by atoms with Crippen LogP contribution in [0.2, 0.25) is 0 Å². The van der Waals surface area contributed by atoms with Crippen LogP contribution in [0, 0.1) is 42.4 Å². The van der Waals surface area contributed by atoms with Gasteiger partial charge in [0.2, 0.25) is 0 Å². The fraction of sp³-hybridized carbons (Fsp3) is 0.319. The highest BCUT2D eigenvalue weighted by atomic mass is 16.2. The van der Waals surface area contributed by atoms with Crippen LogP contribution < -0.4 is 0 Å². The minimum absolute atomic E-state index is 0.0577. The molecule has 6 aromatic carbocycles. The van der Waals surface area contributed by atoms with Gasteiger partial charge in [-0.1, -0.05) is 103 Å². The van der Waals surface area contributed by atoms with E-state index in [4.69, 9.17) is 0 Å². The third-order valence-corrected chi connectivity index (χ3v) is 11.5. The van der Waals surface area contributed by atoms with Crippen molar-refractivity contribution >= 4 is 66.7 Å². The average molecular weight is 701 g/mol. The zero-order chi connectivity index (χ0) is 37.8. The Bertz CT molecular complexity index is 2600. The molecule has 0 bridgehead atoms. The number of benzene rings is 6. The first-order valence-corrected chi connectivity index (χ1v) is 18.8. The van der Waals surface area contributed by atoms with Crippen LogP contribution in [0.15, 0.2) is 66.7 Å². The largest absolute Gasteiger partial charge is 0.271 e. The van der Waals surface area contributed by atoms with Crippen molar-refractivity contribution in [3.05, 3.63) is 106 Å². The molecule has 6 heteroatoms. The molecule has 4 amide bonds. The predicted molar refractivity (Wildman–Crippen MR) is 213 cm³/mol. The van der Waals surface area contributed by atoms with Crippen LogP contribution in [0.1, 0.15) is 114 Å². The molecule has 6 aromatic rings. The summed E-state index contributed by atoms with van der Waals surface area (Å²) in [5.41, 5.74) is 4.58. The van der Waals surface area contributed by atoms with Gasteiger partial charge in [-0.15, -0.1) is 0 Å². The summed E-state index contributed by atoms with van der Waals surface area (Å²) in [6, 6.07) is 20.7. The minimum Gasteiger partial charge on any atom is -0.271 e. The summed E-state index contributed by atoms with van der Waals surface area (Å²) in [5.74, 6) is 5.90. The normalized spacial score (nSPS) is 14.7. The van der Waals surface area contributed by atoms with Gasteiger partial charge in [-0.05, 0) is 88.5 Å². The van der Waals surface area contributed by atoms with E-state index in [-0.39, 0.29) is 59.4 Å². The quantitative estimate of drug-likeness (QED) is 0.0750. The van der Waals surface area contributed by atoms with E-state index in [0.29, 0.717) is 38.6 Å². The number of rotatable bonds is 6. The van der Waals surface area contributed by atoms with Crippen LogP contribution >= 0.6 is 0 Å². The number of amides is 4. The number of carbonyl (C=O) groups excluding carboxylic acids is 4. The molecule has 8 rings (SSSR count). The first-order valence-electron chi connectivity index (χ1n) is 18.8. The van der Waals surface area contributed by atoms with Crippen molar-refractivity contribution < 1.29 is 19.2 Å². The monoisotopic (exact) mass is 700 g/mol. The highest BCUT2D eigenvalue weighted by molar-refractivity contribution is 6.42. The molecular weight excluding hydrogens is 657 g/mol. The number of hydrogen-bond donors (Lipinski definition) is 0. The molecule has 53 heavy (non-hydrogen) atoms. The Labute approximate surface area is 310 Å². The Hall–Kier alpha value is -5.54. The Morgan fingerprint density at radius 2 is 0.849 bits per heavy atom. The average Bonchev–Trinajstić information content (AvgIpc) is 3.11. The van der Waals surface area contributed by atoms with Gasteiger partial charge in [0, 0.05) is 67.0 Å². The van der Waals surface area contributed by atoms with E-state index >= 15 is 0 Å². The van der Waals surface area contributed by atoms with Gasteiger partial charge in [-0.2, -0.15) is 0 Å². The van der Waals surface area contributed by atoms with Crippen molar-refractivity contribution in [3.63, 3.8) is 0 Å². The standard InChI is InChI=1S/C47H44N2O4/c1-23(2)42(24(3)4)48-44(50)33-19-16-30-31-17-20-35-40-36(47(53)49(46(35)52)43(25(5)6)26(7)8)22-29(15-14-28-12-10-27(9)11-13-28)37(41(31)40)32-18-21-34(45(48)51)39(33)38(30)32/h10-13,16-26,42-43H,1-9H3. The molecule has 0 radical (unpaired) electrons. The van der Waals surface area contributed by atoms with Crippen LogP contribution in [-0.4, -0.2) is 45.5 Å². The summed E-state index contributed by atoms with van der Waals surface area (Å²) < 4.78 is 0. The van der Waals surface area contributed by atoms with E-state index in [1.165, 1.54) is 9.80 Å². The SMILES string of the molecule is Cc1ccc(C#Cc2cc3c4c(ccc5c6ccc7c8c(ccc(c2c45)c86)C(=O)N(C(C(C)C)C(C)C)C7=O)C(=O)N(C(C(C)C)C(C)C)C3=O)cc1. The van der Waals surface area contributed by atoms with Gasteiger partial charge >= 0.3 is 0 Å². The number of hydrogen-bond acceptors (Lipinski definition) is 4. The van der Waals surface area contributed by atoms with Gasteiger partial charge in [-0.25, -0.2) is 0 Å². The van der Waals surface area contributed by atoms with Crippen LogP contribution in [0.25, 0.3) is 43.1 Å². The van der Waals surface area contributed by atoms with Gasteiger partial charge in [0.15, 0.2) is 0 Å². The molecule has 0 spiro atoms. The van der Waals surface area contributed by atoms with Crippen LogP contribution in [0.4, 0.5) is 0 Å². The van der Waals surface area contributed by atoms with Crippen LogP contribution in [-0.2, 0) is 0 Å². The van der Waals surface area contributed by atoms with Gasteiger partial charge in [-0.3, -0.25) is 29.0 Å². The van der Waals surface area contributed by atoms with E-state index in [1.54, 1.807) is 0 Å². The molecule has 0 saturated heterocycles. The van der Waals surface area contributed by atoms with Crippen molar-refractivity contribution in [2.45, 2.75) is 74.4 Å². The van der Waals surface area contributed by atoms with Crippen molar-refractivity contribution in [1.29, 1.82) is 0 Å². The summed E-state index contributed by atoms with van der Waals surface area (Å²) >= 11 is 0. The molecule has 2 aliphatic rings. The summed E-state index contributed by atoms with van der Waals surface area (Å²) in [6.07, 6.45) is 0. The number of aryl methyl sites for hydroxylation is 1. The lowest BCUT2D eigenvalue weighted by atomic mass is 9.79. The predicted octanol–water partition coefficient (Wildman–Crippen LogP) is 10.00. The van der Waals surface area contributed by atoms with E-state index < -0.39 is 0 Å². The number of carbonyl (C=O) groups is 4. The van der Waals surface area contributed by atoms with E-state index in [2.05, 4.69) is 67.2 Å². The van der Waals surface area contributed by atoms with Gasteiger partial charge in [0.25, 0.3) is 23.6 Å². The molecule has 0 fully saturated rings. The molecular formula is C47H44N2O4. The maximum absolute atomic E-state index is 14.7. The molecule has 6 nitrogen and oxygen atoms in total. The minimum atomic E-state index is -0.311. The van der Waals surface area contributed by atoms with Crippen LogP contribution in [0.5, 0.6) is 0 Å². The van der Waals surface area contributed by atoms with Crippen LogP contribution in [0.3, 0.4) is 0 Å². The molecule has 266 valence electrons. The van der Waals surface area contributed by atoms with E-state index in [9.17, 15) is 19.2 Å². The molecule has 0 saturated carbocycles. The smallest absolute Gasteiger partial charge is 0.261 e. The second kappa shape index (κ2) is 12.3. The van der Waals surface area contributed by atoms with Gasteiger partial charge in [0.05, 0.1) is 0 Å². The number of imide groups is 2. The van der Waals surface area contributed by atoms with Gasteiger partial charge in [0.1, 0.15) is 0 Å². The zero-order valence-corrected chi connectivity index (χ0v) is 31.8. The lowest BCUT2D eigenvalue weighted by molar-refractivity contribution is 0.0423. The molecule has 2 heterocycles. The Kier molecular flexibility index (Phi) is 8.00. The Balaban J connectivity index is 1.48. The highest BCUT2D eigenvalue weighted by Crippen LogP contribution is 2.48. The molecule has 0 aliphatic carbocycles. The fourth-order valence-corrected chi connectivity index (χ4v) is 9.55. The lowest BCUT2D eigenvalue weighted by Crippen LogP contribution is -2.51. The molecule has 0 atom stereocenters. The summed E-state index contributed by atoms with van der Waals surface area (Å²) in [5, 5.41) is 6.22. The zero-order valence-electron chi connectivity index (χ0n) is 31.8. The van der Waals surface area contributed by atoms with Crippen molar-refractivity contribution in [2.24, 2.45) is 23.7 Å².